The molecule has 0 spiro atoms. The van der Waals surface area contributed by atoms with E-state index in [1.54, 1.807) is 30.3 Å². The van der Waals surface area contributed by atoms with Crippen LogP contribution in [0.15, 0.2) is 30.3 Å². The van der Waals surface area contributed by atoms with Crippen molar-refractivity contribution < 1.29 is 19.4 Å². The van der Waals surface area contributed by atoms with Gasteiger partial charge in [0, 0.05) is 6.42 Å². The van der Waals surface area contributed by atoms with Crippen molar-refractivity contribution in [3.05, 3.63) is 35.9 Å². The SMILES string of the molecule is COC(=O)CCC(O)(C(N)=O)c1ccccc1. The van der Waals surface area contributed by atoms with E-state index in [4.69, 9.17) is 5.73 Å². The van der Waals surface area contributed by atoms with E-state index in [9.17, 15) is 14.7 Å². The third-order valence-electron chi connectivity index (χ3n) is 2.58. The molecule has 17 heavy (non-hydrogen) atoms. The minimum Gasteiger partial charge on any atom is -0.469 e. The van der Waals surface area contributed by atoms with E-state index in [1.165, 1.54) is 7.11 Å². The summed E-state index contributed by atoms with van der Waals surface area (Å²) >= 11 is 0. The van der Waals surface area contributed by atoms with Crippen molar-refractivity contribution >= 4 is 11.9 Å². The molecule has 1 aromatic rings. The molecule has 1 aromatic carbocycles. The lowest BCUT2D eigenvalue weighted by atomic mass is 9.88. The number of esters is 1. The molecule has 1 atom stereocenters. The maximum atomic E-state index is 11.3. The van der Waals surface area contributed by atoms with Crippen LogP contribution >= 0.6 is 0 Å². The molecule has 0 aliphatic rings. The standard InChI is InChI=1S/C12H15NO4/c1-17-10(14)7-8-12(16,11(13)15)9-5-3-2-4-6-9/h2-6,16H,7-8H2,1H3,(H2,13,15). The number of carbonyl (C=O) groups is 2. The molecule has 1 rings (SSSR count). The summed E-state index contributed by atoms with van der Waals surface area (Å²) in [7, 11) is 1.24. The highest BCUT2D eigenvalue weighted by Crippen LogP contribution is 2.26. The lowest BCUT2D eigenvalue weighted by Crippen LogP contribution is -2.41. The highest BCUT2D eigenvalue weighted by Gasteiger charge is 2.36. The number of amides is 1. The summed E-state index contributed by atoms with van der Waals surface area (Å²) in [5, 5.41) is 10.2. The van der Waals surface area contributed by atoms with Gasteiger partial charge in [-0.15, -0.1) is 0 Å². The van der Waals surface area contributed by atoms with Crippen LogP contribution in [0.25, 0.3) is 0 Å². The van der Waals surface area contributed by atoms with Crippen LogP contribution in [-0.2, 0) is 19.9 Å². The van der Waals surface area contributed by atoms with Crippen LogP contribution in [-0.4, -0.2) is 24.1 Å². The van der Waals surface area contributed by atoms with Crippen molar-refractivity contribution in [2.24, 2.45) is 5.73 Å². The fourth-order valence-electron chi connectivity index (χ4n) is 1.51. The first-order valence-electron chi connectivity index (χ1n) is 5.15. The minimum absolute atomic E-state index is 0.0785. The number of carbonyl (C=O) groups excluding carboxylic acids is 2. The summed E-state index contributed by atoms with van der Waals surface area (Å²) < 4.78 is 4.46. The lowest BCUT2D eigenvalue weighted by molar-refractivity contribution is -0.145. The van der Waals surface area contributed by atoms with Gasteiger partial charge in [0.25, 0.3) is 5.91 Å². The van der Waals surface area contributed by atoms with Gasteiger partial charge in [0.15, 0.2) is 5.60 Å². The van der Waals surface area contributed by atoms with E-state index < -0.39 is 17.5 Å². The lowest BCUT2D eigenvalue weighted by Gasteiger charge is -2.24. The quantitative estimate of drug-likeness (QED) is 0.721. The van der Waals surface area contributed by atoms with E-state index in [0.29, 0.717) is 5.56 Å². The van der Waals surface area contributed by atoms with Crippen molar-refractivity contribution in [1.29, 1.82) is 0 Å². The Balaban J connectivity index is 2.91. The number of ether oxygens (including phenoxy) is 1. The van der Waals surface area contributed by atoms with Gasteiger partial charge in [-0.05, 0) is 12.0 Å². The number of nitrogens with two attached hydrogens (primary N) is 1. The predicted octanol–water partition coefficient (Wildman–Crippen LogP) is 0.313. The van der Waals surface area contributed by atoms with Crippen LogP contribution in [0, 0.1) is 0 Å². The number of hydrogen-bond acceptors (Lipinski definition) is 4. The number of primary amides is 1. The van der Waals surface area contributed by atoms with Crippen LogP contribution in [0.2, 0.25) is 0 Å². The summed E-state index contributed by atoms with van der Waals surface area (Å²) in [6.45, 7) is 0. The number of rotatable bonds is 5. The summed E-state index contributed by atoms with van der Waals surface area (Å²) in [6, 6.07) is 8.29. The summed E-state index contributed by atoms with van der Waals surface area (Å²) in [6.07, 6.45) is -0.177. The molecule has 1 unspecified atom stereocenters. The molecule has 0 bridgehead atoms. The Bertz CT molecular complexity index is 404. The second-order valence-electron chi connectivity index (χ2n) is 3.67. The van der Waals surface area contributed by atoms with E-state index >= 15 is 0 Å². The molecule has 0 aliphatic carbocycles. The molecule has 5 heteroatoms. The summed E-state index contributed by atoms with van der Waals surface area (Å²) in [5.74, 6) is -1.38. The van der Waals surface area contributed by atoms with Crippen molar-refractivity contribution in [3.8, 4) is 0 Å². The number of aliphatic hydroxyl groups is 1. The van der Waals surface area contributed by atoms with Gasteiger partial charge in [-0.1, -0.05) is 30.3 Å². The fraction of sp³-hybridized carbons (Fsp3) is 0.333. The molecule has 92 valence electrons. The van der Waals surface area contributed by atoms with Crippen molar-refractivity contribution in [2.45, 2.75) is 18.4 Å². The summed E-state index contributed by atoms with van der Waals surface area (Å²) in [5.41, 5.74) is 3.72. The van der Waals surface area contributed by atoms with Crippen LogP contribution in [0.3, 0.4) is 0 Å². The van der Waals surface area contributed by atoms with Crippen molar-refractivity contribution in [3.63, 3.8) is 0 Å². The van der Waals surface area contributed by atoms with Crippen molar-refractivity contribution in [1.82, 2.24) is 0 Å². The summed E-state index contributed by atoms with van der Waals surface area (Å²) in [4.78, 5) is 22.4. The highest BCUT2D eigenvalue weighted by molar-refractivity contribution is 5.85. The molecule has 3 N–H and O–H groups in total. The van der Waals surface area contributed by atoms with Gasteiger partial charge in [-0.2, -0.15) is 0 Å². The first kappa shape index (κ1) is 13.2. The first-order valence-corrected chi connectivity index (χ1v) is 5.15. The van der Waals surface area contributed by atoms with Gasteiger partial charge < -0.3 is 15.6 Å². The molecule has 0 radical (unpaired) electrons. The normalized spacial score (nSPS) is 13.8. The number of methoxy groups -OCH3 is 1. The largest absolute Gasteiger partial charge is 0.469 e. The van der Waals surface area contributed by atoms with E-state index in [1.807, 2.05) is 0 Å². The Morgan fingerprint density at radius 1 is 1.35 bits per heavy atom. The fourth-order valence-corrected chi connectivity index (χ4v) is 1.51. The molecule has 0 aliphatic heterocycles. The average molecular weight is 237 g/mol. The van der Waals surface area contributed by atoms with Gasteiger partial charge in [0.2, 0.25) is 0 Å². The molecular formula is C12H15NO4. The van der Waals surface area contributed by atoms with Crippen LogP contribution < -0.4 is 5.73 Å². The Labute approximate surface area is 99.2 Å². The maximum absolute atomic E-state index is 11.3. The van der Waals surface area contributed by atoms with E-state index in [-0.39, 0.29) is 12.8 Å². The molecule has 0 fully saturated rings. The van der Waals surface area contributed by atoms with E-state index in [2.05, 4.69) is 4.74 Å². The highest BCUT2D eigenvalue weighted by atomic mass is 16.5. The monoisotopic (exact) mass is 237 g/mol. The zero-order chi connectivity index (χ0) is 12.9. The van der Waals surface area contributed by atoms with Crippen LogP contribution in [0.4, 0.5) is 0 Å². The molecule has 0 aromatic heterocycles. The van der Waals surface area contributed by atoms with Crippen LogP contribution in [0.5, 0.6) is 0 Å². The third-order valence-corrected chi connectivity index (χ3v) is 2.58. The molecular weight excluding hydrogens is 222 g/mol. The van der Waals surface area contributed by atoms with Gasteiger partial charge in [-0.25, -0.2) is 0 Å². The smallest absolute Gasteiger partial charge is 0.305 e. The molecule has 0 heterocycles. The number of hydrogen-bond donors (Lipinski definition) is 2. The van der Waals surface area contributed by atoms with Gasteiger partial charge >= 0.3 is 5.97 Å². The molecule has 5 nitrogen and oxygen atoms in total. The maximum Gasteiger partial charge on any atom is 0.305 e. The zero-order valence-electron chi connectivity index (χ0n) is 9.55. The first-order chi connectivity index (χ1) is 8.00. The van der Waals surface area contributed by atoms with Crippen molar-refractivity contribution in [2.75, 3.05) is 7.11 Å². The van der Waals surface area contributed by atoms with Crippen LogP contribution in [0.1, 0.15) is 18.4 Å². The third kappa shape index (κ3) is 3.04. The topological polar surface area (TPSA) is 89.6 Å². The molecule has 1 amide bonds. The van der Waals surface area contributed by atoms with Gasteiger partial charge in [-0.3, -0.25) is 9.59 Å². The van der Waals surface area contributed by atoms with Gasteiger partial charge in [0.1, 0.15) is 0 Å². The number of benzene rings is 1. The second kappa shape index (κ2) is 5.45. The Hall–Kier alpha value is -1.88. The average Bonchev–Trinajstić information content (AvgIpc) is 2.36. The molecule has 0 saturated heterocycles. The van der Waals surface area contributed by atoms with E-state index in [0.717, 1.165) is 0 Å². The minimum atomic E-state index is -1.84. The zero-order valence-corrected chi connectivity index (χ0v) is 9.55. The Kier molecular flexibility index (Phi) is 4.23. The second-order valence-corrected chi connectivity index (χ2v) is 3.67. The molecule has 0 saturated carbocycles. The predicted molar refractivity (Wildman–Crippen MR) is 60.8 cm³/mol. The Morgan fingerprint density at radius 3 is 2.41 bits per heavy atom. The Morgan fingerprint density at radius 2 is 1.94 bits per heavy atom. The van der Waals surface area contributed by atoms with Gasteiger partial charge in [0.05, 0.1) is 7.11 Å².